The first kappa shape index (κ1) is 19.4. The van der Waals surface area contributed by atoms with Crippen LogP contribution in [0, 0.1) is 6.92 Å². The molecule has 0 atom stereocenters. The first-order valence-corrected chi connectivity index (χ1v) is 10.5. The maximum Gasteiger partial charge on any atom is 0.240 e. The summed E-state index contributed by atoms with van der Waals surface area (Å²) in [6, 6.07) is 7.80. The van der Waals surface area contributed by atoms with E-state index in [1.807, 2.05) is 13.0 Å². The molecular weight excluding hydrogens is 364 g/mol. The van der Waals surface area contributed by atoms with Crippen molar-refractivity contribution >= 4 is 21.6 Å². The minimum Gasteiger partial charge on any atom is -0.357 e. The summed E-state index contributed by atoms with van der Waals surface area (Å²) in [5.74, 6) is 1.19. The first-order valence-electron chi connectivity index (χ1n) is 9.05. The van der Waals surface area contributed by atoms with E-state index >= 15 is 0 Å². The summed E-state index contributed by atoms with van der Waals surface area (Å²) in [6.45, 7) is 5.26. The highest BCUT2D eigenvalue weighted by atomic mass is 32.2. The zero-order valence-electron chi connectivity index (χ0n) is 15.6. The lowest BCUT2D eigenvalue weighted by molar-refractivity contribution is 0.101. The number of piperidine rings is 1. The summed E-state index contributed by atoms with van der Waals surface area (Å²) in [4.78, 5) is 22.5. The minimum absolute atomic E-state index is 0.0132. The zero-order chi connectivity index (χ0) is 19.4. The predicted molar refractivity (Wildman–Crippen MR) is 103 cm³/mol. The Balaban J connectivity index is 1.73. The monoisotopic (exact) mass is 388 g/mol. The van der Waals surface area contributed by atoms with Gasteiger partial charge in [0.25, 0.3) is 0 Å². The number of anilines is 1. The number of aromatic nitrogens is 2. The Morgan fingerprint density at radius 1 is 1.11 bits per heavy atom. The number of nitrogens with zero attached hydrogens (tertiary/aromatic N) is 3. The molecule has 2 heterocycles. The fourth-order valence-electron chi connectivity index (χ4n) is 3.09. The normalized spacial score (nSPS) is 15.0. The van der Waals surface area contributed by atoms with Crippen molar-refractivity contribution in [3.8, 4) is 0 Å². The molecule has 0 unspecified atom stereocenters. The molecule has 1 fully saturated rings. The van der Waals surface area contributed by atoms with E-state index in [1.54, 1.807) is 0 Å². The molecule has 0 saturated carbocycles. The summed E-state index contributed by atoms with van der Waals surface area (Å²) in [7, 11) is -3.71. The third-order valence-electron chi connectivity index (χ3n) is 4.56. The largest absolute Gasteiger partial charge is 0.357 e. The molecule has 3 rings (SSSR count). The molecule has 1 N–H and O–H groups in total. The smallest absolute Gasteiger partial charge is 0.240 e. The van der Waals surface area contributed by atoms with Crippen LogP contribution in [-0.4, -0.2) is 37.3 Å². The van der Waals surface area contributed by atoms with Crippen LogP contribution in [0.3, 0.4) is 0 Å². The maximum atomic E-state index is 12.5. The van der Waals surface area contributed by atoms with Crippen LogP contribution in [0.15, 0.2) is 35.2 Å². The molecule has 144 valence electrons. The molecule has 0 radical (unpaired) electrons. The third kappa shape index (κ3) is 4.90. The van der Waals surface area contributed by atoms with Gasteiger partial charge >= 0.3 is 0 Å². The molecule has 1 aliphatic rings. The molecule has 7 nitrogen and oxygen atoms in total. The van der Waals surface area contributed by atoms with Crippen molar-refractivity contribution in [3.63, 3.8) is 0 Å². The third-order valence-corrected chi connectivity index (χ3v) is 5.98. The highest BCUT2D eigenvalue weighted by molar-refractivity contribution is 7.89. The topological polar surface area (TPSA) is 92.3 Å². The molecule has 1 saturated heterocycles. The SMILES string of the molecule is CC(=O)c1ccc(S(=O)(=O)NCc2nc(C)cc(N3CCCCC3)n2)cc1. The van der Waals surface area contributed by atoms with Crippen LogP contribution in [0.5, 0.6) is 0 Å². The van der Waals surface area contributed by atoms with Crippen LogP contribution in [0.25, 0.3) is 0 Å². The van der Waals surface area contributed by atoms with Gasteiger partial charge in [-0.15, -0.1) is 0 Å². The van der Waals surface area contributed by atoms with Gasteiger partial charge in [-0.1, -0.05) is 12.1 Å². The molecule has 2 aromatic rings. The molecule has 8 heteroatoms. The molecule has 0 spiro atoms. The van der Waals surface area contributed by atoms with E-state index in [0.717, 1.165) is 37.4 Å². The number of benzene rings is 1. The van der Waals surface area contributed by atoms with Crippen molar-refractivity contribution in [2.75, 3.05) is 18.0 Å². The lowest BCUT2D eigenvalue weighted by Gasteiger charge is -2.28. The van der Waals surface area contributed by atoms with Crippen LogP contribution >= 0.6 is 0 Å². The molecule has 1 aromatic carbocycles. The Labute approximate surface area is 159 Å². The Hall–Kier alpha value is -2.32. The van der Waals surface area contributed by atoms with Gasteiger partial charge < -0.3 is 4.90 Å². The number of sulfonamides is 1. The van der Waals surface area contributed by atoms with Gasteiger partial charge in [0.2, 0.25) is 10.0 Å². The minimum atomic E-state index is -3.71. The number of carbonyl (C=O) groups is 1. The zero-order valence-corrected chi connectivity index (χ0v) is 16.4. The second-order valence-corrected chi connectivity index (χ2v) is 8.50. The average Bonchev–Trinajstić information content (AvgIpc) is 2.67. The molecule has 27 heavy (non-hydrogen) atoms. The van der Waals surface area contributed by atoms with Gasteiger partial charge in [0, 0.05) is 30.4 Å². The highest BCUT2D eigenvalue weighted by Gasteiger charge is 2.17. The number of carbonyl (C=O) groups excluding carboxylic acids is 1. The van der Waals surface area contributed by atoms with E-state index < -0.39 is 10.0 Å². The number of nitrogens with one attached hydrogen (secondary N) is 1. The quantitative estimate of drug-likeness (QED) is 0.764. The van der Waals surface area contributed by atoms with E-state index in [1.165, 1.54) is 37.6 Å². The molecule has 1 aromatic heterocycles. The van der Waals surface area contributed by atoms with Crippen molar-refractivity contribution in [2.45, 2.75) is 44.6 Å². The lowest BCUT2D eigenvalue weighted by atomic mass is 10.1. The van der Waals surface area contributed by atoms with Crippen molar-refractivity contribution in [1.29, 1.82) is 0 Å². The standard InChI is InChI=1S/C19H24N4O3S/c1-14-12-19(23-10-4-3-5-11-23)22-18(21-14)13-20-27(25,26)17-8-6-16(7-9-17)15(2)24/h6-9,12,20H,3-5,10-11,13H2,1-2H3. The molecular formula is C19H24N4O3S. The highest BCUT2D eigenvalue weighted by Crippen LogP contribution is 2.18. The molecule has 1 aliphatic heterocycles. The number of aryl methyl sites for hydroxylation is 1. The van der Waals surface area contributed by atoms with Crippen LogP contribution in [0.2, 0.25) is 0 Å². The Morgan fingerprint density at radius 3 is 2.41 bits per heavy atom. The van der Waals surface area contributed by atoms with Crippen LogP contribution in [0.4, 0.5) is 5.82 Å². The van der Waals surface area contributed by atoms with Gasteiger partial charge in [0.15, 0.2) is 5.78 Å². The number of Topliss-reactive ketones (excluding diaryl/α,β-unsaturated/α-hetero) is 1. The van der Waals surface area contributed by atoms with Crippen molar-refractivity contribution in [1.82, 2.24) is 14.7 Å². The van der Waals surface area contributed by atoms with E-state index in [2.05, 4.69) is 19.6 Å². The summed E-state index contributed by atoms with van der Waals surface area (Å²) < 4.78 is 27.5. The van der Waals surface area contributed by atoms with E-state index in [0.29, 0.717) is 11.4 Å². The summed E-state index contributed by atoms with van der Waals surface area (Å²) in [5.41, 5.74) is 1.28. The van der Waals surface area contributed by atoms with E-state index in [4.69, 9.17) is 0 Å². The van der Waals surface area contributed by atoms with Gasteiger partial charge in [0.05, 0.1) is 11.4 Å². The summed E-state index contributed by atoms with van der Waals surface area (Å²) >= 11 is 0. The molecule has 0 aliphatic carbocycles. The average molecular weight is 388 g/mol. The van der Waals surface area contributed by atoms with Crippen molar-refractivity contribution < 1.29 is 13.2 Å². The lowest BCUT2D eigenvalue weighted by Crippen LogP contribution is -2.31. The Kier molecular flexibility index (Phi) is 5.86. The number of rotatable bonds is 6. The van der Waals surface area contributed by atoms with Gasteiger partial charge in [0.1, 0.15) is 11.6 Å². The summed E-state index contributed by atoms with van der Waals surface area (Å²) in [6.07, 6.45) is 3.51. The fraction of sp³-hybridized carbons (Fsp3) is 0.421. The van der Waals surface area contributed by atoms with Crippen LogP contribution < -0.4 is 9.62 Å². The van der Waals surface area contributed by atoms with Gasteiger partial charge in [-0.25, -0.2) is 23.1 Å². The number of hydrogen-bond donors (Lipinski definition) is 1. The van der Waals surface area contributed by atoms with E-state index in [9.17, 15) is 13.2 Å². The van der Waals surface area contributed by atoms with E-state index in [-0.39, 0.29) is 17.2 Å². The Bertz CT molecular complexity index is 920. The molecule has 0 bridgehead atoms. The maximum absolute atomic E-state index is 12.5. The predicted octanol–water partition coefficient (Wildman–Crippen LogP) is 2.46. The Morgan fingerprint density at radius 2 is 1.78 bits per heavy atom. The van der Waals surface area contributed by atoms with Gasteiger partial charge in [-0.05, 0) is 45.2 Å². The summed E-state index contributed by atoms with van der Waals surface area (Å²) in [5, 5.41) is 0. The van der Waals surface area contributed by atoms with Gasteiger partial charge in [-0.3, -0.25) is 4.79 Å². The number of ketones is 1. The second kappa shape index (κ2) is 8.14. The first-order chi connectivity index (χ1) is 12.8. The molecule has 0 amide bonds. The fourth-order valence-corrected chi connectivity index (χ4v) is 4.07. The van der Waals surface area contributed by atoms with Crippen molar-refractivity contribution in [2.24, 2.45) is 0 Å². The van der Waals surface area contributed by atoms with Gasteiger partial charge in [-0.2, -0.15) is 0 Å². The number of hydrogen-bond acceptors (Lipinski definition) is 6. The van der Waals surface area contributed by atoms with Crippen LogP contribution in [-0.2, 0) is 16.6 Å². The van der Waals surface area contributed by atoms with Crippen molar-refractivity contribution in [3.05, 3.63) is 47.4 Å². The second-order valence-electron chi connectivity index (χ2n) is 6.74. The van der Waals surface area contributed by atoms with Crippen LogP contribution in [0.1, 0.15) is 48.1 Å².